The third-order valence-corrected chi connectivity index (χ3v) is 3.23. The molecule has 0 saturated carbocycles. The highest BCUT2D eigenvalue weighted by atomic mass is 14.1. The van der Waals surface area contributed by atoms with Crippen molar-refractivity contribution in [3.63, 3.8) is 0 Å². The minimum atomic E-state index is 1.09. The van der Waals surface area contributed by atoms with E-state index in [0.29, 0.717) is 0 Å². The second kappa shape index (κ2) is 5.67. The molecule has 0 fully saturated rings. The second-order valence-electron chi connectivity index (χ2n) is 4.42. The first-order chi connectivity index (χ1) is 8.36. The van der Waals surface area contributed by atoms with Crippen LogP contribution in [0.3, 0.4) is 0 Å². The topological polar surface area (TPSA) is 0 Å². The van der Waals surface area contributed by atoms with E-state index in [4.69, 9.17) is 0 Å². The number of benzene rings is 2. The highest BCUT2D eigenvalue weighted by molar-refractivity contribution is 5.70. The Morgan fingerprint density at radius 3 is 1.82 bits per heavy atom. The second-order valence-corrected chi connectivity index (χ2v) is 4.42. The van der Waals surface area contributed by atoms with Gasteiger partial charge < -0.3 is 0 Å². The van der Waals surface area contributed by atoms with Crippen molar-refractivity contribution in [1.82, 2.24) is 0 Å². The van der Waals surface area contributed by atoms with Crippen LogP contribution in [0, 0.1) is 0 Å². The van der Waals surface area contributed by atoms with Crippen molar-refractivity contribution in [3.8, 4) is 11.1 Å². The zero-order chi connectivity index (χ0) is 12.1. The first kappa shape index (κ1) is 11.9. The van der Waals surface area contributed by atoms with Crippen LogP contribution in [0.15, 0.2) is 48.5 Å². The number of aryl methyl sites for hydroxylation is 2. The molecule has 0 N–H and O–H groups in total. The van der Waals surface area contributed by atoms with E-state index in [1.165, 1.54) is 28.7 Å². The van der Waals surface area contributed by atoms with Crippen LogP contribution in [0.5, 0.6) is 0 Å². The van der Waals surface area contributed by atoms with Gasteiger partial charge in [-0.05, 0) is 35.1 Å². The molecule has 0 saturated heterocycles. The lowest BCUT2D eigenvalue weighted by Crippen LogP contribution is -1.92. The molecule has 2 aromatic carbocycles. The van der Waals surface area contributed by atoms with E-state index >= 15 is 0 Å². The van der Waals surface area contributed by atoms with E-state index in [1.54, 1.807) is 0 Å². The third kappa shape index (κ3) is 2.58. The third-order valence-electron chi connectivity index (χ3n) is 3.23. The lowest BCUT2D eigenvalue weighted by Gasteiger charge is -2.12. The van der Waals surface area contributed by atoms with Gasteiger partial charge in [-0.15, -0.1) is 0 Å². The van der Waals surface area contributed by atoms with Gasteiger partial charge in [-0.1, -0.05) is 68.8 Å². The maximum Gasteiger partial charge on any atom is -0.0149 e. The molecule has 0 aliphatic heterocycles. The van der Waals surface area contributed by atoms with Crippen molar-refractivity contribution in [2.45, 2.75) is 33.1 Å². The summed E-state index contributed by atoms with van der Waals surface area (Å²) in [5.74, 6) is 0. The van der Waals surface area contributed by atoms with Crippen LogP contribution in [0.2, 0.25) is 0 Å². The van der Waals surface area contributed by atoms with Gasteiger partial charge in [-0.3, -0.25) is 0 Å². The highest BCUT2D eigenvalue weighted by Gasteiger charge is 2.06. The minimum Gasteiger partial charge on any atom is -0.0651 e. The van der Waals surface area contributed by atoms with Gasteiger partial charge in [0, 0.05) is 0 Å². The van der Waals surface area contributed by atoms with Gasteiger partial charge in [-0.25, -0.2) is 0 Å². The van der Waals surface area contributed by atoms with E-state index in [-0.39, 0.29) is 0 Å². The van der Waals surface area contributed by atoms with Gasteiger partial charge in [0.15, 0.2) is 0 Å². The Bertz CT molecular complexity index is 483. The van der Waals surface area contributed by atoms with Crippen LogP contribution in [-0.4, -0.2) is 0 Å². The predicted molar refractivity (Wildman–Crippen MR) is 75.3 cm³/mol. The van der Waals surface area contributed by atoms with Gasteiger partial charge in [0.25, 0.3) is 0 Å². The fraction of sp³-hybridized carbons (Fsp3) is 0.294. The quantitative estimate of drug-likeness (QED) is 0.695. The monoisotopic (exact) mass is 224 g/mol. The molecule has 0 bridgehead atoms. The molecular weight excluding hydrogens is 204 g/mol. The molecule has 0 heterocycles. The average Bonchev–Trinajstić information content (AvgIpc) is 2.40. The van der Waals surface area contributed by atoms with Crippen LogP contribution >= 0.6 is 0 Å². The van der Waals surface area contributed by atoms with Crippen molar-refractivity contribution < 1.29 is 0 Å². The first-order valence-electron chi connectivity index (χ1n) is 6.53. The SMILES string of the molecule is CCCc1ccccc1-c1ccccc1CC. The smallest absolute Gasteiger partial charge is 0.0149 e. The average molecular weight is 224 g/mol. The molecule has 17 heavy (non-hydrogen) atoms. The van der Waals surface area contributed by atoms with E-state index in [9.17, 15) is 0 Å². The summed E-state index contributed by atoms with van der Waals surface area (Å²) in [5.41, 5.74) is 5.72. The van der Waals surface area contributed by atoms with E-state index in [0.717, 1.165) is 12.8 Å². The highest BCUT2D eigenvalue weighted by Crippen LogP contribution is 2.28. The molecule has 0 amide bonds. The summed E-state index contributed by atoms with van der Waals surface area (Å²) in [6.45, 7) is 4.46. The van der Waals surface area contributed by atoms with Crippen LogP contribution in [0.1, 0.15) is 31.4 Å². The molecular formula is C17H20. The molecule has 0 aliphatic rings. The van der Waals surface area contributed by atoms with Crippen LogP contribution < -0.4 is 0 Å². The Morgan fingerprint density at radius 2 is 1.24 bits per heavy atom. The Hall–Kier alpha value is -1.56. The Balaban J connectivity index is 2.52. The van der Waals surface area contributed by atoms with Gasteiger partial charge in [0.05, 0.1) is 0 Å². The van der Waals surface area contributed by atoms with Gasteiger partial charge in [-0.2, -0.15) is 0 Å². The normalized spacial score (nSPS) is 10.5. The maximum absolute atomic E-state index is 2.26. The van der Waals surface area contributed by atoms with Crippen molar-refractivity contribution in [1.29, 1.82) is 0 Å². The molecule has 0 aliphatic carbocycles. The molecule has 0 radical (unpaired) electrons. The van der Waals surface area contributed by atoms with Crippen molar-refractivity contribution in [2.24, 2.45) is 0 Å². The predicted octanol–water partition coefficient (Wildman–Crippen LogP) is 4.87. The molecule has 88 valence electrons. The van der Waals surface area contributed by atoms with Crippen LogP contribution in [0.25, 0.3) is 11.1 Å². The molecule has 0 spiro atoms. The number of rotatable bonds is 4. The van der Waals surface area contributed by atoms with Gasteiger partial charge in [0.1, 0.15) is 0 Å². The molecule has 0 heteroatoms. The Kier molecular flexibility index (Phi) is 3.98. The van der Waals surface area contributed by atoms with Crippen molar-refractivity contribution in [2.75, 3.05) is 0 Å². The zero-order valence-electron chi connectivity index (χ0n) is 10.7. The summed E-state index contributed by atoms with van der Waals surface area (Å²) < 4.78 is 0. The maximum atomic E-state index is 2.26. The largest absolute Gasteiger partial charge is 0.0651 e. The lowest BCUT2D eigenvalue weighted by molar-refractivity contribution is 0.923. The fourth-order valence-corrected chi connectivity index (χ4v) is 2.36. The van der Waals surface area contributed by atoms with E-state index < -0.39 is 0 Å². The number of hydrogen-bond donors (Lipinski definition) is 0. The number of hydrogen-bond acceptors (Lipinski definition) is 0. The zero-order valence-corrected chi connectivity index (χ0v) is 10.7. The summed E-state index contributed by atoms with van der Waals surface area (Å²) in [5, 5.41) is 0. The van der Waals surface area contributed by atoms with Crippen LogP contribution in [0.4, 0.5) is 0 Å². The molecule has 0 aromatic heterocycles. The molecule has 0 unspecified atom stereocenters. The Labute approximate surface area is 104 Å². The minimum absolute atomic E-state index is 1.09. The molecule has 0 nitrogen and oxygen atoms in total. The van der Waals surface area contributed by atoms with Crippen molar-refractivity contribution in [3.05, 3.63) is 59.7 Å². The van der Waals surface area contributed by atoms with Crippen LogP contribution in [-0.2, 0) is 12.8 Å². The van der Waals surface area contributed by atoms with Crippen molar-refractivity contribution >= 4 is 0 Å². The summed E-state index contributed by atoms with van der Waals surface area (Å²) in [4.78, 5) is 0. The first-order valence-corrected chi connectivity index (χ1v) is 6.53. The molecule has 2 aromatic rings. The molecule has 2 rings (SSSR count). The summed E-state index contributed by atoms with van der Waals surface area (Å²) in [6, 6.07) is 17.5. The van der Waals surface area contributed by atoms with E-state index in [2.05, 4.69) is 62.4 Å². The molecule has 0 atom stereocenters. The lowest BCUT2D eigenvalue weighted by atomic mass is 9.93. The summed E-state index contributed by atoms with van der Waals surface area (Å²) in [6.07, 6.45) is 3.45. The fourth-order valence-electron chi connectivity index (χ4n) is 2.36. The Morgan fingerprint density at radius 1 is 0.706 bits per heavy atom. The van der Waals surface area contributed by atoms with Gasteiger partial charge in [0.2, 0.25) is 0 Å². The summed E-state index contributed by atoms with van der Waals surface area (Å²) >= 11 is 0. The van der Waals surface area contributed by atoms with Gasteiger partial charge >= 0.3 is 0 Å². The standard InChI is InChI=1S/C17H20/c1-3-9-15-11-6-8-13-17(15)16-12-7-5-10-14(16)4-2/h5-8,10-13H,3-4,9H2,1-2H3. The van der Waals surface area contributed by atoms with E-state index in [1.807, 2.05) is 0 Å². The summed E-state index contributed by atoms with van der Waals surface area (Å²) in [7, 11) is 0.